The van der Waals surface area contributed by atoms with Crippen molar-refractivity contribution in [2.24, 2.45) is 22.2 Å². The van der Waals surface area contributed by atoms with Crippen molar-refractivity contribution in [2.75, 3.05) is 286 Å². The molecule has 0 spiro atoms. The number of amides is 7. The maximum absolute atomic E-state index is 14.8. The predicted octanol–water partition coefficient (Wildman–Crippen LogP) is 9.09. The Kier molecular flexibility index (Phi) is 50.2. The number of aromatic nitrogens is 4. The molecule has 7 amide bonds. The molecular weight excluding hydrogens is 1970 g/mol. The third-order valence-corrected chi connectivity index (χ3v) is 28.1. The van der Waals surface area contributed by atoms with Gasteiger partial charge in [0, 0.05) is 113 Å². The highest BCUT2D eigenvalue weighted by atomic mass is 32.2. The van der Waals surface area contributed by atoms with Crippen molar-refractivity contribution in [3.05, 3.63) is 130 Å². The van der Waals surface area contributed by atoms with E-state index in [4.69, 9.17) is 95.3 Å². The summed E-state index contributed by atoms with van der Waals surface area (Å²) in [4.78, 5) is 124. The first-order valence-corrected chi connectivity index (χ1v) is 54.0. The lowest BCUT2D eigenvalue weighted by atomic mass is 9.39. The Bertz CT molecular complexity index is 5220. The van der Waals surface area contributed by atoms with Crippen LogP contribution in [0.4, 0.5) is 21.4 Å². The Balaban J connectivity index is 0.707. The van der Waals surface area contributed by atoms with Crippen molar-refractivity contribution in [2.45, 2.75) is 150 Å². The van der Waals surface area contributed by atoms with Crippen LogP contribution in [-0.4, -0.2) is 388 Å². The fraction of sp³-hybridized carbons (Fsp3) is 0.648. The van der Waals surface area contributed by atoms with Gasteiger partial charge in [0.1, 0.15) is 31.1 Å². The van der Waals surface area contributed by atoms with Crippen LogP contribution in [0, 0.1) is 29.1 Å². The number of carbonyl (C=O) groups is 8. The molecule has 0 radical (unpaired) electrons. The van der Waals surface area contributed by atoms with Crippen molar-refractivity contribution >= 4 is 95.8 Å². The standard InChI is InChI=1S/C105H154N12O30S2/c1-77(2)94(111-91(118)68-116-92(119)24-25-93(116)120)98(123)107-78(3)96(121)108-83-21-20-82(81(65-83)16-12-27-113(28-13-33-132-40-42-136-48-50-140-56-58-144-62-60-142-54-52-138-46-44-134-38-36-130-7)29-14-34-133-41-43-137-49-51-141-57-59-145-63-61-143-55-53-139-47-45-135-39-37-131-8)69-146-101(126)114(32-64-149(127,128)129)31-35-147-105-73-102(5)70-103(6,74-105)72-104(71-102,75-105)76-117-79(4)86(66-106-117)84-22-23-90(110-95(84)99(124)125)115-30-26-80-15-11-17-85(87(80)67-115)97(122)112-100-109-88-18-9-10-19-89(88)148-100/h9-11,15,17-25,65-66,77-78,94H,12-14,16,26-64,67-76H2,1-8H3,(H,107,123)(H,108,121)(H,111,118)(H,124,125)(H,109,112,122)(H,127,128,129)/t78-,94-,102?,103?,104?,105?/m0/s1. The van der Waals surface area contributed by atoms with Crippen molar-refractivity contribution < 1.29 is 142 Å². The first kappa shape index (κ1) is 120. The number of methoxy groups -OCH3 is 2. The molecule has 12 rings (SSSR count). The smallest absolute Gasteiger partial charge is 0.410 e. The Labute approximate surface area is 877 Å². The number of ether oxygens (including phenoxy) is 18. The number of carboxylic acid groups (broad SMARTS) is 1. The number of hydrogen-bond donors (Lipinski definition) is 6. The number of para-hydroxylation sites is 1. The van der Waals surface area contributed by atoms with Gasteiger partial charge in [-0.2, -0.15) is 13.5 Å². The average Bonchev–Trinajstić information content (AvgIpc) is 1.06. The molecule has 4 bridgehead atoms. The van der Waals surface area contributed by atoms with E-state index in [0.29, 0.717) is 320 Å². The number of thiazole rings is 1. The van der Waals surface area contributed by atoms with E-state index in [-0.39, 0.29) is 47.6 Å². The van der Waals surface area contributed by atoms with Gasteiger partial charge in [-0.15, -0.1) is 0 Å². The molecule has 6 aromatic rings. The molecule has 2 unspecified atom stereocenters. The minimum Gasteiger partial charge on any atom is -0.476 e. The summed E-state index contributed by atoms with van der Waals surface area (Å²) >= 11 is 1.39. The first-order valence-electron chi connectivity index (χ1n) is 51.6. The van der Waals surface area contributed by atoms with Crippen molar-refractivity contribution in [1.29, 1.82) is 0 Å². The number of anilines is 3. The molecule has 149 heavy (non-hydrogen) atoms. The summed E-state index contributed by atoms with van der Waals surface area (Å²) in [6, 6.07) is 19.7. The number of aromatic carboxylic acids is 1. The monoisotopic (exact) mass is 2130 g/mol. The average molecular weight is 2130 g/mol. The van der Waals surface area contributed by atoms with Gasteiger partial charge in [-0.1, -0.05) is 69.4 Å². The zero-order valence-corrected chi connectivity index (χ0v) is 89.2. The van der Waals surface area contributed by atoms with Gasteiger partial charge in [0.2, 0.25) is 17.7 Å². The number of nitrogens with zero attached hydrogens (tertiary/aromatic N) is 8. The molecule has 0 saturated heterocycles. The van der Waals surface area contributed by atoms with Crippen LogP contribution in [0.15, 0.2) is 91.1 Å². The second kappa shape index (κ2) is 62.5. The third-order valence-electron chi connectivity index (χ3n) is 26.4. The quantitative estimate of drug-likeness (QED) is 0.0118. The molecule has 4 saturated carbocycles. The van der Waals surface area contributed by atoms with Crippen LogP contribution < -0.4 is 26.2 Å². The normalized spacial score (nSPS) is 18.3. The molecule has 3 aromatic heterocycles. The van der Waals surface area contributed by atoms with E-state index >= 15 is 0 Å². The van der Waals surface area contributed by atoms with Crippen LogP contribution in [0.2, 0.25) is 0 Å². The minimum absolute atomic E-state index is 0.0131. The van der Waals surface area contributed by atoms with E-state index in [1.54, 1.807) is 64.6 Å². The highest BCUT2D eigenvalue weighted by Crippen LogP contribution is 2.72. The first-order chi connectivity index (χ1) is 71.9. The van der Waals surface area contributed by atoms with Gasteiger partial charge in [0.05, 0.1) is 219 Å². The van der Waals surface area contributed by atoms with Gasteiger partial charge in [0.15, 0.2) is 10.8 Å². The summed E-state index contributed by atoms with van der Waals surface area (Å²) in [5.74, 6) is -5.74. The predicted molar refractivity (Wildman–Crippen MR) is 554 cm³/mol. The van der Waals surface area contributed by atoms with Gasteiger partial charge in [0.25, 0.3) is 27.8 Å². The lowest BCUT2D eigenvalue weighted by Gasteiger charge is -2.69. The Morgan fingerprint density at radius 1 is 0.550 bits per heavy atom. The molecule has 6 aliphatic rings. The van der Waals surface area contributed by atoms with Crippen LogP contribution >= 0.6 is 11.3 Å². The highest BCUT2D eigenvalue weighted by molar-refractivity contribution is 7.85. The Morgan fingerprint density at radius 2 is 1.08 bits per heavy atom. The van der Waals surface area contributed by atoms with Gasteiger partial charge < -0.3 is 121 Å². The maximum Gasteiger partial charge on any atom is 0.410 e. The number of hydrogen-bond acceptors (Lipinski definition) is 34. The van der Waals surface area contributed by atoms with Crippen LogP contribution in [-0.2, 0) is 152 Å². The molecule has 4 fully saturated rings. The van der Waals surface area contributed by atoms with E-state index in [2.05, 4.69) is 45.0 Å². The number of pyridine rings is 1. The van der Waals surface area contributed by atoms with Gasteiger partial charge in [-0.05, 0) is 178 Å². The molecule has 2 aliphatic heterocycles. The van der Waals surface area contributed by atoms with Crippen LogP contribution in [0.25, 0.3) is 21.3 Å². The SMILES string of the molecule is COCCOCCOCCOCCOCCOCCOCCOCCCN(CCCOCCOCCOCCOCCOCCOCCOCCOC)CCCc1cc(NC(=O)[C@H](C)NC(=O)[C@@H](NC(=O)CN2C(=O)C=CC2=O)C(C)C)ccc1COC(=O)N(CCOC12CC3(C)CC(C)(CC(Cn4ncc(-c5ccc(N6CCc7cccc(C(=O)Nc8nc9ccccc9s8)c7C6)nc5C(=O)O)c4C)(C3)C1)C2)CCS(=O)(=O)O. The van der Waals surface area contributed by atoms with E-state index in [9.17, 15) is 56.4 Å². The number of fused-ring (bicyclic) bond motifs is 2. The second-order valence-electron chi connectivity index (χ2n) is 39.1. The van der Waals surface area contributed by atoms with Crippen molar-refractivity contribution in [3.63, 3.8) is 0 Å². The fourth-order valence-electron chi connectivity index (χ4n) is 20.5. The summed E-state index contributed by atoms with van der Waals surface area (Å²) in [6.07, 6.45) is 10.6. The summed E-state index contributed by atoms with van der Waals surface area (Å²) in [7, 11) is -1.36. The van der Waals surface area contributed by atoms with Gasteiger partial charge in [-0.25, -0.2) is 19.6 Å². The number of imide groups is 1. The minimum atomic E-state index is -4.61. The highest BCUT2D eigenvalue weighted by Gasteiger charge is 2.66. The molecule has 4 aliphatic carbocycles. The molecule has 44 heteroatoms. The molecule has 4 atom stereocenters. The Hall–Kier alpha value is -9.60. The summed E-state index contributed by atoms with van der Waals surface area (Å²) in [6.45, 7) is 26.3. The van der Waals surface area contributed by atoms with E-state index < -0.39 is 94.2 Å². The molecular formula is C105H154N12O30S2. The van der Waals surface area contributed by atoms with Crippen LogP contribution in [0.3, 0.4) is 0 Å². The molecule has 5 heterocycles. The second-order valence-corrected chi connectivity index (χ2v) is 41.7. The number of benzene rings is 3. The van der Waals surface area contributed by atoms with Gasteiger partial charge >= 0.3 is 12.1 Å². The largest absolute Gasteiger partial charge is 0.476 e. The fourth-order valence-corrected chi connectivity index (χ4v) is 21.8. The third kappa shape index (κ3) is 40.1. The van der Waals surface area contributed by atoms with E-state index in [0.717, 1.165) is 76.2 Å². The summed E-state index contributed by atoms with van der Waals surface area (Å²) < 4.78 is 141. The van der Waals surface area contributed by atoms with Crippen molar-refractivity contribution in [1.82, 2.24) is 45.1 Å². The number of carbonyl (C=O) groups excluding carboxylic acids is 7. The molecule has 3 aromatic carbocycles. The molecule has 6 N–H and O–H groups in total. The zero-order valence-electron chi connectivity index (χ0n) is 87.6. The molecule has 826 valence electrons. The number of rotatable bonds is 78. The number of aryl methyl sites for hydroxylation is 1. The van der Waals surface area contributed by atoms with Gasteiger partial charge in [-0.3, -0.25) is 48.2 Å². The lowest BCUT2D eigenvalue weighted by Crippen LogP contribution is -2.64. The van der Waals surface area contributed by atoms with Crippen LogP contribution in [0.5, 0.6) is 0 Å². The summed E-state index contributed by atoms with van der Waals surface area (Å²) in [5.41, 5.74) is 5.02. The molecule has 42 nitrogen and oxygen atoms in total. The number of nitrogens with one attached hydrogen (secondary N) is 4. The Morgan fingerprint density at radius 3 is 1.60 bits per heavy atom. The zero-order chi connectivity index (χ0) is 106. The maximum atomic E-state index is 14.8. The summed E-state index contributed by atoms with van der Waals surface area (Å²) in [5, 5.41) is 27.6. The topological polar surface area (TPSA) is 482 Å². The van der Waals surface area contributed by atoms with E-state index in [1.165, 1.54) is 23.2 Å². The van der Waals surface area contributed by atoms with Crippen molar-refractivity contribution in [3.8, 4) is 11.1 Å². The number of carboxylic acids is 1. The van der Waals surface area contributed by atoms with Crippen LogP contribution in [0.1, 0.15) is 141 Å². The van der Waals surface area contributed by atoms with E-state index in [1.807, 2.05) is 59.0 Å². The lowest BCUT2D eigenvalue weighted by molar-refractivity contribution is -0.248.